The third-order valence-corrected chi connectivity index (χ3v) is 7.40. The Kier molecular flexibility index (Phi) is 7.12. The van der Waals surface area contributed by atoms with Crippen LogP contribution in [-0.2, 0) is 6.54 Å². The van der Waals surface area contributed by atoms with Gasteiger partial charge in [-0.2, -0.15) is 0 Å². The van der Waals surface area contributed by atoms with E-state index in [1.165, 1.54) is 41.5 Å². The van der Waals surface area contributed by atoms with E-state index in [1.54, 1.807) is 0 Å². The molecule has 4 rings (SSSR count). The summed E-state index contributed by atoms with van der Waals surface area (Å²) in [5.41, 5.74) is 9.30. The molecule has 0 bridgehead atoms. The monoisotopic (exact) mass is 420 g/mol. The lowest BCUT2D eigenvalue weighted by Crippen LogP contribution is -2.83. The number of benzene rings is 2. The number of hydrazine groups is 1. The summed E-state index contributed by atoms with van der Waals surface area (Å²) in [6.45, 7) is 14.4. The lowest BCUT2D eigenvalue weighted by molar-refractivity contribution is -0.194. The molecule has 2 fully saturated rings. The number of unbranched alkanes of at least 4 members (excludes halogenated alkanes) is 2. The van der Waals surface area contributed by atoms with Crippen LogP contribution in [0.5, 0.6) is 0 Å². The minimum atomic E-state index is -0.0685. The van der Waals surface area contributed by atoms with Crippen LogP contribution in [0.2, 0.25) is 0 Å². The fraction of sp³-hybridized carbons (Fsp3) is 0.556. The predicted molar refractivity (Wildman–Crippen MR) is 130 cm³/mol. The van der Waals surface area contributed by atoms with Gasteiger partial charge < -0.3 is 0 Å². The van der Waals surface area contributed by atoms with E-state index in [9.17, 15) is 0 Å². The first-order valence-corrected chi connectivity index (χ1v) is 12.2. The topological polar surface area (TPSA) is 30.5 Å². The molecule has 2 aliphatic rings. The first-order valence-electron chi connectivity index (χ1n) is 12.2. The van der Waals surface area contributed by atoms with Crippen molar-refractivity contribution in [2.24, 2.45) is 5.92 Å². The van der Waals surface area contributed by atoms with Gasteiger partial charge in [0.1, 0.15) is 5.66 Å². The third kappa shape index (κ3) is 4.45. The normalized spacial score (nSPS) is 26.8. The first kappa shape index (κ1) is 22.5. The van der Waals surface area contributed by atoms with Gasteiger partial charge in [-0.15, -0.1) is 0 Å². The van der Waals surface area contributed by atoms with Crippen molar-refractivity contribution < 1.29 is 0 Å². The number of nitrogens with one attached hydrogen (secondary N) is 2. The second kappa shape index (κ2) is 9.83. The number of nitrogens with zero attached hydrogens (tertiary/aromatic N) is 2. The highest BCUT2D eigenvalue weighted by Crippen LogP contribution is 2.47. The highest BCUT2D eigenvalue weighted by molar-refractivity contribution is 5.35. The van der Waals surface area contributed by atoms with Crippen molar-refractivity contribution in [3.8, 4) is 0 Å². The number of aryl methyl sites for hydroxylation is 2. The molecule has 0 aromatic heterocycles. The van der Waals surface area contributed by atoms with E-state index in [2.05, 4.69) is 96.9 Å². The van der Waals surface area contributed by atoms with Crippen molar-refractivity contribution in [3.63, 3.8) is 0 Å². The molecule has 31 heavy (non-hydrogen) atoms. The summed E-state index contributed by atoms with van der Waals surface area (Å²) in [5.74, 6) is 0.580. The van der Waals surface area contributed by atoms with E-state index in [0.717, 1.165) is 32.7 Å². The zero-order valence-electron chi connectivity index (χ0n) is 19.8. The van der Waals surface area contributed by atoms with Crippen LogP contribution in [0.3, 0.4) is 0 Å². The fourth-order valence-corrected chi connectivity index (χ4v) is 5.48. The van der Waals surface area contributed by atoms with Gasteiger partial charge >= 0.3 is 0 Å². The van der Waals surface area contributed by atoms with Crippen LogP contribution in [0.1, 0.15) is 61.4 Å². The Labute approximate surface area is 189 Å². The van der Waals surface area contributed by atoms with E-state index in [4.69, 9.17) is 0 Å². The van der Waals surface area contributed by atoms with Gasteiger partial charge in [0, 0.05) is 38.6 Å². The maximum Gasteiger partial charge on any atom is 0.108 e. The van der Waals surface area contributed by atoms with E-state index in [-0.39, 0.29) is 5.66 Å². The lowest BCUT2D eigenvalue weighted by atomic mass is 9.73. The van der Waals surface area contributed by atoms with Crippen LogP contribution in [0, 0.1) is 19.8 Å². The molecule has 2 aromatic carbocycles. The highest BCUT2D eigenvalue weighted by Gasteiger charge is 2.59. The van der Waals surface area contributed by atoms with E-state index in [0.29, 0.717) is 12.0 Å². The van der Waals surface area contributed by atoms with Gasteiger partial charge in [-0.05, 0) is 42.5 Å². The Bertz CT molecular complexity index is 852. The highest BCUT2D eigenvalue weighted by atomic mass is 15.6. The van der Waals surface area contributed by atoms with Crippen LogP contribution in [-0.4, -0.2) is 41.8 Å². The van der Waals surface area contributed by atoms with Gasteiger partial charge in [0.2, 0.25) is 0 Å². The first-order chi connectivity index (χ1) is 15.1. The van der Waals surface area contributed by atoms with Gasteiger partial charge in [-0.3, -0.25) is 15.6 Å². The molecule has 0 amide bonds. The van der Waals surface area contributed by atoms with E-state index >= 15 is 0 Å². The summed E-state index contributed by atoms with van der Waals surface area (Å²) in [7, 11) is 0. The molecule has 0 saturated carbocycles. The molecule has 4 heteroatoms. The minimum Gasteiger partial charge on any atom is -0.295 e. The maximum atomic E-state index is 3.99. The zero-order valence-corrected chi connectivity index (χ0v) is 19.8. The summed E-state index contributed by atoms with van der Waals surface area (Å²) < 4.78 is 0. The largest absolute Gasteiger partial charge is 0.295 e. The second-order valence-corrected chi connectivity index (χ2v) is 9.58. The van der Waals surface area contributed by atoms with Crippen molar-refractivity contribution in [2.45, 2.75) is 65.2 Å². The summed E-state index contributed by atoms with van der Waals surface area (Å²) >= 11 is 0. The number of hydrogen-bond acceptors (Lipinski definition) is 4. The van der Waals surface area contributed by atoms with E-state index < -0.39 is 0 Å². The molecule has 4 nitrogen and oxygen atoms in total. The molecule has 2 N–H and O–H groups in total. The van der Waals surface area contributed by atoms with E-state index in [1.807, 2.05) is 0 Å². The summed E-state index contributed by atoms with van der Waals surface area (Å²) in [6.07, 6.45) is 3.79. The Morgan fingerprint density at radius 3 is 2.58 bits per heavy atom. The summed E-state index contributed by atoms with van der Waals surface area (Å²) in [6, 6.07) is 18.3. The van der Waals surface area contributed by atoms with Crippen LogP contribution in [0.15, 0.2) is 48.5 Å². The Morgan fingerprint density at radius 1 is 1.06 bits per heavy atom. The molecule has 3 atom stereocenters. The molecule has 1 spiro atoms. The van der Waals surface area contributed by atoms with Crippen LogP contribution < -0.4 is 10.7 Å². The average molecular weight is 421 g/mol. The predicted octanol–water partition coefficient (Wildman–Crippen LogP) is 4.79. The average Bonchev–Trinajstić information content (AvgIpc) is 2.78. The molecule has 0 aliphatic carbocycles. The molecule has 2 aliphatic heterocycles. The number of piperazine rings is 1. The number of hydrogen-bond donors (Lipinski definition) is 2. The third-order valence-electron chi connectivity index (χ3n) is 7.40. The molecule has 2 saturated heterocycles. The molecule has 168 valence electrons. The quantitative estimate of drug-likeness (QED) is 0.601. The van der Waals surface area contributed by atoms with Crippen LogP contribution in [0.25, 0.3) is 0 Å². The van der Waals surface area contributed by atoms with Crippen molar-refractivity contribution >= 4 is 0 Å². The zero-order chi connectivity index (χ0) is 21.8. The molecular formula is C27H40N4. The Morgan fingerprint density at radius 2 is 1.87 bits per heavy atom. The second-order valence-electron chi connectivity index (χ2n) is 9.58. The smallest absolute Gasteiger partial charge is 0.108 e. The van der Waals surface area contributed by atoms with Crippen molar-refractivity contribution in [1.29, 1.82) is 0 Å². The maximum absolute atomic E-state index is 3.99. The lowest BCUT2D eigenvalue weighted by Gasteiger charge is -2.65. The summed E-state index contributed by atoms with van der Waals surface area (Å²) in [4.78, 5) is 2.70. The molecule has 0 radical (unpaired) electrons. The van der Waals surface area contributed by atoms with Crippen molar-refractivity contribution in [3.05, 3.63) is 70.8 Å². The van der Waals surface area contributed by atoms with Crippen molar-refractivity contribution in [1.82, 2.24) is 20.7 Å². The van der Waals surface area contributed by atoms with Gasteiger partial charge in [-0.1, -0.05) is 75.2 Å². The van der Waals surface area contributed by atoms with Gasteiger partial charge in [0.25, 0.3) is 0 Å². The molecule has 2 heterocycles. The number of rotatable bonds is 8. The standard InChI is InChI=1S/C27H40N4/c1-5-6-10-15-29-31-19-23(4)27(31)26(25-14-13-21(2)22(3)18-25)30(17-16-28-27)20-24-11-8-7-9-12-24/h7-9,11-14,18,23,26,28-29H,5-6,10,15-17,19-20H2,1-4H3. The molecule has 2 aromatic rings. The minimum absolute atomic E-state index is 0.0685. The Balaban J connectivity index is 1.67. The molecule has 3 unspecified atom stereocenters. The van der Waals surface area contributed by atoms with Gasteiger partial charge in [-0.25, -0.2) is 5.01 Å². The van der Waals surface area contributed by atoms with Gasteiger partial charge in [0.05, 0.1) is 6.04 Å². The Hall–Kier alpha value is -1.72. The van der Waals surface area contributed by atoms with Crippen molar-refractivity contribution in [2.75, 3.05) is 26.2 Å². The SMILES string of the molecule is CCCCCNN1CC(C)C12NCCN(Cc1ccccc1)C2c1ccc(C)c(C)c1. The van der Waals surface area contributed by atoms with Gasteiger partial charge in [0.15, 0.2) is 0 Å². The molecular weight excluding hydrogens is 380 g/mol. The fourth-order valence-electron chi connectivity index (χ4n) is 5.48. The summed E-state index contributed by atoms with van der Waals surface area (Å²) in [5, 5.41) is 6.51. The van der Waals surface area contributed by atoms with Crippen LogP contribution in [0.4, 0.5) is 0 Å². The van der Waals surface area contributed by atoms with Crippen LogP contribution >= 0.6 is 0 Å².